The van der Waals surface area contributed by atoms with Crippen LogP contribution in [0.3, 0.4) is 0 Å². The second-order valence-corrected chi connectivity index (χ2v) is 7.56. The van der Waals surface area contributed by atoms with E-state index in [-0.39, 0.29) is 11.8 Å². The van der Waals surface area contributed by atoms with E-state index in [9.17, 15) is 4.79 Å². The van der Waals surface area contributed by atoms with Crippen molar-refractivity contribution in [2.45, 2.75) is 12.8 Å². The van der Waals surface area contributed by atoms with E-state index < -0.39 is 0 Å². The van der Waals surface area contributed by atoms with Crippen molar-refractivity contribution in [3.8, 4) is 22.6 Å². The number of aromatic amines is 2. The quantitative estimate of drug-likeness (QED) is 0.427. The summed E-state index contributed by atoms with van der Waals surface area (Å²) in [4.78, 5) is 28.4. The van der Waals surface area contributed by atoms with E-state index in [1.165, 1.54) is 0 Å². The van der Waals surface area contributed by atoms with Crippen LogP contribution in [-0.4, -0.2) is 36.0 Å². The standard InChI is InChI=1S/C22H17N7O/c30-22(12-1-2-12)26-15-5-14(8-24-9-15)17-7-16-20(11-25-17)28-29-21(16)18-6-13-3-4-23-10-19(13)27-18/h3-12,27H,1-2H2,(H,26,30)(H,28,29). The number of hydrogen-bond acceptors (Lipinski definition) is 5. The first-order valence-corrected chi connectivity index (χ1v) is 9.78. The van der Waals surface area contributed by atoms with Crippen LogP contribution in [0.5, 0.6) is 0 Å². The van der Waals surface area contributed by atoms with E-state index in [1.807, 2.05) is 18.2 Å². The maximum absolute atomic E-state index is 12.1. The lowest BCUT2D eigenvalue weighted by atomic mass is 10.1. The molecular formula is C22H17N7O. The van der Waals surface area contributed by atoms with Crippen LogP contribution in [0, 0.1) is 5.92 Å². The van der Waals surface area contributed by atoms with Gasteiger partial charge in [-0.2, -0.15) is 5.10 Å². The molecule has 0 unspecified atom stereocenters. The number of hydrogen-bond donors (Lipinski definition) is 3. The molecule has 0 aliphatic heterocycles. The molecule has 146 valence electrons. The minimum absolute atomic E-state index is 0.0581. The zero-order valence-electron chi connectivity index (χ0n) is 15.9. The molecule has 0 aromatic carbocycles. The van der Waals surface area contributed by atoms with Crippen molar-refractivity contribution in [2.24, 2.45) is 5.92 Å². The fourth-order valence-electron chi connectivity index (χ4n) is 3.62. The van der Waals surface area contributed by atoms with Crippen LogP contribution in [0.4, 0.5) is 5.69 Å². The molecule has 0 radical (unpaired) electrons. The van der Waals surface area contributed by atoms with Crippen molar-refractivity contribution < 1.29 is 4.79 Å². The average molecular weight is 395 g/mol. The highest BCUT2D eigenvalue weighted by Gasteiger charge is 2.29. The summed E-state index contributed by atoms with van der Waals surface area (Å²) in [6.45, 7) is 0. The molecule has 8 heteroatoms. The first-order valence-electron chi connectivity index (χ1n) is 9.78. The topological polar surface area (TPSA) is 112 Å². The molecule has 6 rings (SSSR count). The van der Waals surface area contributed by atoms with Gasteiger partial charge in [-0.1, -0.05) is 0 Å². The van der Waals surface area contributed by atoms with Gasteiger partial charge >= 0.3 is 0 Å². The molecular weight excluding hydrogens is 378 g/mol. The summed E-state index contributed by atoms with van der Waals surface area (Å²) < 4.78 is 0. The summed E-state index contributed by atoms with van der Waals surface area (Å²) in [6.07, 6.45) is 10.7. The van der Waals surface area contributed by atoms with Crippen LogP contribution in [0.2, 0.25) is 0 Å². The molecule has 1 aliphatic rings. The highest BCUT2D eigenvalue weighted by Crippen LogP contribution is 2.32. The number of pyridine rings is 3. The monoisotopic (exact) mass is 395 g/mol. The molecule has 30 heavy (non-hydrogen) atoms. The van der Waals surface area contributed by atoms with Crippen LogP contribution in [0.1, 0.15) is 12.8 Å². The highest BCUT2D eigenvalue weighted by atomic mass is 16.2. The smallest absolute Gasteiger partial charge is 0.227 e. The number of amides is 1. The zero-order chi connectivity index (χ0) is 20.1. The van der Waals surface area contributed by atoms with Gasteiger partial charge in [0.25, 0.3) is 0 Å². The van der Waals surface area contributed by atoms with E-state index in [4.69, 9.17) is 0 Å². The summed E-state index contributed by atoms with van der Waals surface area (Å²) >= 11 is 0. The van der Waals surface area contributed by atoms with E-state index in [1.54, 1.807) is 31.0 Å². The van der Waals surface area contributed by atoms with Gasteiger partial charge in [0.2, 0.25) is 5.91 Å². The molecule has 1 aliphatic carbocycles. The number of carbonyl (C=O) groups excluding carboxylic acids is 1. The molecule has 0 spiro atoms. The number of carbonyl (C=O) groups is 1. The second-order valence-electron chi connectivity index (χ2n) is 7.56. The fourth-order valence-corrected chi connectivity index (χ4v) is 3.62. The normalized spacial score (nSPS) is 13.7. The van der Waals surface area contributed by atoms with Gasteiger partial charge in [0.1, 0.15) is 5.69 Å². The second kappa shape index (κ2) is 6.48. The Labute approximate surface area is 170 Å². The maximum Gasteiger partial charge on any atom is 0.227 e. The number of anilines is 1. The Morgan fingerprint density at radius 3 is 2.83 bits per heavy atom. The van der Waals surface area contributed by atoms with Gasteiger partial charge < -0.3 is 10.3 Å². The average Bonchev–Trinajstić information content (AvgIpc) is 3.40. The Hall–Kier alpha value is -4.07. The first-order chi connectivity index (χ1) is 14.7. The van der Waals surface area contributed by atoms with Crippen LogP contribution in [-0.2, 0) is 4.79 Å². The maximum atomic E-state index is 12.1. The summed E-state index contributed by atoms with van der Waals surface area (Å²) in [5.41, 5.74) is 5.80. The lowest BCUT2D eigenvalue weighted by Crippen LogP contribution is -2.13. The van der Waals surface area contributed by atoms with Gasteiger partial charge in [-0.25, -0.2) is 0 Å². The van der Waals surface area contributed by atoms with E-state index in [0.717, 1.165) is 57.3 Å². The summed E-state index contributed by atoms with van der Waals surface area (Å²) in [7, 11) is 0. The van der Waals surface area contributed by atoms with Gasteiger partial charge in [0, 0.05) is 34.6 Å². The summed E-state index contributed by atoms with van der Waals surface area (Å²) in [6, 6.07) is 7.91. The Morgan fingerprint density at radius 2 is 1.97 bits per heavy atom. The van der Waals surface area contributed by atoms with Crippen molar-refractivity contribution in [2.75, 3.05) is 5.32 Å². The molecule has 5 heterocycles. The number of rotatable bonds is 4. The summed E-state index contributed by atoms with van der Waals surface area (Å²) in [5, 5.41) is 12.5. The predicted molar refractivity (Wildman–Crippen MR) is 114 cm³/mol. The van der Waals surface area contributed by atoms with E-state index in [0.29, 0.717) is 5.69 Å². The Kier molecular flexibility index (Phi) is 3.64. The highest BCUT2D eigenvalue weighted by molar-refractivity contribution is 5.97. The summed E-state index contributed by atoms with van der Waals surface area (Å²) in [5.74, 6) is 0.200. The van der Waals surface area contributed by atoms with Crippen molar-refractivity contribution in [1.82, 2.24) is 30.1 Å². The Balaban J connectivity index is 1.40. The van der Waals surface area contributed by atoms with Gasteiger partial charge in [0.05, 0.1) is 46.7 Å². The third-order valence-electron chi connectivity index (χ3n) is 5.38. The minimum atomic E-state index is 0.0581. The lowest BCUT2D eigenvalue weighted by molar-refractivity contribution is -0.117. The minimum Gasteiger partial charge on any atom is -0.352 e. The molecule has 3 N–H and O–H groups in total. The van der Waals surface area contributed by atoms with Crippen molar-refractivity contribution >= 4 is 33.4 Å². The van der Waals surface area contributed by atoms with Crippen LogP contribution in [0.25, 0.3) is 44.5 Å². The molecule has 1 saturated carbocycles. The van der Waals surface area contributed by atoms with Crippen LogP contribution < -0.4 is 5.32 Å². The molecule has 8 nitrogen and oxygen atoms in total. The largest absolute Gasteiger partial charge is 0.352 e. The van der Waals surface area contributed by atoms with Gasteiger partial charge in [0.15, 0.2) is 0 Å². The molecule has 0 saturated heterocycles. The SMILES string of the molecule is O=C(Nc1cncc(-c2cc3c(-c4cc5ccncc5[nH]4)n[nH]c3cn2)c1)C1CC1. The Bertz CT molecular complexity index is 1380. The van der Waals surface area contributed by atoms with Crippen molar-refractivity contribution in [3.63, 3.8) is 0 Å². The van der Waals surface area contributed by atoms with Gasteiger partial charge in [-0.05, 0) is 37.1 Å². The number of nitrogens with zero attached hydrogens (tertiary/aromatic N) is 4. The predicted octanol–water partition coefficient (Wildman–Crippen LogP) is 3.91. The van der Waals surface area contributed by atoms with Gasteiger partial charge in [-0.3, -0.25) is 24.8 Å². The van der Waals surface area contributed by atoms with Crippen LogP contribution in [0.15, 0.2) is 55.2 Å². The molecule has 0 bridgehead atoms. The zero-order valence-corrected chi connectivity index (χ0v) is 15.9. The van der Waals surface area contributed by atoms with Crippen molar-refractivity contribution in [1.29, 1.82) is 0 Å². The van der Waals surface area contributed by atoms with Crippen LogP contribution >= 0.6 is 0 Å². The van der Waals surface area contributed by atoms with Crippen molar-refractivity contribution in [3.05, 3.63) is 55.2 Å². The number of H-pyrrole nitrogens is 2. The van der Waals surface area contributed by atoms with E-state index >= 15 is 0 Å². The lowest BCUT2D eigenvalue weighted by Gasteiger charge is -2.06. The number of aromatic nitrogens is 6. The molecule has 0 atom stereocenters. The fraction of sp³-hybridized carbons (Fsp3) is 0.136. The molecule has 5 aromatic heterocycles. The molecule has 5 aromatic rings. The number of fused-ring (bicyclic) bond motifs is 2. The molecule has 1 amide bonds. The first kappa shape index (κ1) is 16.8. The third kappa shape index (κ3) is 2.89. The molecule has 1 fully saturated rings. The van der Waals surface area contributed by atoms with E-state index in [2.05, 4.69) is 41.5 Å². The number of nitrogens with one attached hydrogen (secondary N) is 3. The Morgan fingerprint density at radius 1 is 1.03 bits per heavy atom. The van der Waals surface area contributed by atoms with Gasteiger partial charge in [-0.15, -0.1) is 0 Å². The third-order valence-corrected chi connectivity index (χ3v) is 5.38.